The summed E-state index contributed by atoms with van der Waals surface area (Å²) >= 11 is 3.04. The molecule has 0 unspecified atom stereocenters. The maximum absolute atomic E-state index is 12.1. The largest absolute Gasteiger partial charge is 0.573 e. The summed E-state index contributed by atoms with van der Waals surface area (Å²) in [4.78, 5) is 11.2. The van der Waals surface area contributed by atoms with Crippen molar-refractivity contribution in [3.05, 3.63) is 29.3 Å². The highest BCUT2D eigenvalue weighted by Crippen LogP contribution is 2.27. The second-order valence-corrected chi connectivity index (χ2v) is 4.25. The highest BCUT2D eigenvalue weighted by molar-refractivity contribution is 9.09. The van der Waals surface area contributed by atoms with Crippen molar-refractivity contribution in [2.75, 3.05) is 5.33 Å². The predicted octanol–water partition coefficient (Wildman–Crippen LogP) is 3.65. The lowest BCUT2D eigenvalue weighted by Gasteiger charge is -2.13. The van der Waals surface area contributed by atoms with Crippen LogP contribution < -0.4 is 4.74 Å². The summed E-state index contributed by atoms with van der Waals surface area (Å²) in [5.74, 6) is -0.235. The minimum atomic E-state index is -4.70. The van der Waals surface area contributed by atoms with Crippen molar-refractivity contribution < 1.29 is 22.7 Å². The molecule has 0 saturated heterocycles. The van der Waals surface area contributed by atoms with E-state index in [1.165, 1.54) is 12.1 Å². The minimum absolute atomic E-state index is 0.0263. The summed E-state index contributed by atoms with van der Waals surface area (Å²) in [6, 6.07) is 4.30. The Labute approximate surface area is 111 Å². The van der Waals surface area contributed by atoms with Gasteiger partial charge in [-0.1, -0.05) is 35.0 Å². The number of carbonyl (C=O) groups is 1. The van der Waals surface area contributed by atoms with Gasteiger partial charge in [-0.25, -0.2) is 0 Å². The van der Waals surface area contributed by atoms with Gasteiger partial charge in [-0.3, -0.25) is 4.79 Å². The first-order valence-corrected chi connectivity index (χ1v) is 6.43. The van der Waals surface area contributed by atoms with Crippen LogP contribution >= 0.6 is 15.9 Å². The summed E-state index contributed by atoms with van der Waals surface area (Å²) in [5.41, 5.74) is 1.12. The first kappa shape index (κ1) is 15.0. The number of Topliss-reactive ketones (excluding diaryl/α,β-unsaturated/α-hetero) is 1. The fourth-order valence-corrected chi connectivity index (χ4v) is 1.72. The molecule has 6 heteroatoms. The third-order valence-corrected chi connectivity index (χ3v) is 2.91. The van der Waals surface area contributed by atoms with E-state index in [1.54, 1.807) is 13.0 Å². The van der Waals surface area contributed by atoms with E-state index in [0.29, 0.717) is 17.5 Å². The standard InChI is InChI=1S/C12H12BrF3O2/c1-2-9-5-8(6-10(17)7-13)3-4-11(9)18-12(14,15)16/h3-5H,2,6-7H2,1H3. The molecule has 0 fully saturated rings. The molecule has 0 atom stereocenters. The Hall–Kier alpha value is -1.04. The molecule has 0 saturated carbocycles. The molecule has 1 aromatic carbocycles. The Morgan fingerprint density at radius 1 is 1.39 bits per heavy atom. The van der Waals surface area contributed by atoms with Crippen LogP contribution in [0.4, 0.5) is 13.2 Å². The molecule has 0 N–H and O–H groups in total. The smallest absolute Gasteiger partial charge is 0.406 e. The number of aryl methyl sites for hydroxylation is 1. The Balaban J connectivity index is 2.93. The number of hydrogen-bond acceptors (Lipinski definition) is 2. The van der Waals surface area contributed by atoms with Crippen LogP contribution in [0.1, 0.15) is 18.1 Å². The molecule has 0 aromatic heterocycles. The molecule has 0 bridgehead atoms. The zero-order valence-electron chi connectivity index (χ0n) is 9.68. The molecular formula is C12H12BrF3O2. The molecule has 1 rings (SSSR count). The molecule has 0 spiro atoms. The molecule has 0 aliphatic heterocycles. The molecule has 18 heavy (non-hydrogen) atoms. The van der Waals surface area contributed by atoms with Gasteiger partial charge in [0.1, 0.15) is 11.5 Å². The maximum atomic E-state index is 12.1. The van der Waals surface area contributed by atoms with E-state index < -0.39 is 6.36 Å². The molecule has 0 radical (unpaired) electrons. The first-order chi connectivity index (χ1) is 8.35. The average molecular weight is 325 g/mol. The highest BCUT2D eigenvalue weighted by Gasteiger charge is 2.31. The molecule has 100 valence electrons. The molecule has 1 aromatic rings. The second-order valence-electron chi connectivity index (χ2n) is 3.69. The molecule has 0 amide bonds. The molecule has 0 aliphatic carbocycles. The summed E-state index contributed by atoms with van der Waals surface area (Å²) in [7, 11) is 0. The number of ether oxygens (including phenoxy) is 1. The van der Waals surface area contributed by atoms with Gasteiger partial charge in [0.25, 0.3) is 0 Å². The van der Waals surface area contributed by atoms with Crippen LogP contribution in [-0.4, -0.2) is 17.5 Å². The van der Waals surface area contributed by atoms with E-state index in [4.69, 9.17) is 0 Å². The van der Waals surface area contributed by atoms with Gasteiger partial charge in [0.05, 0.1) is 5.33 Å². The highest BCUT2D eigenvalue weighted by atomic mass is 79.9. The lowest BCUT2D eigenvalue weighted by atomic mass is 10.0. The minimum Gasteiger partial charge on any atom is -0.406 e. The zero-order valence-corrected chi connectivity index (χ0v) is 11.3. The zero-order chi connectivity index (χ0) is 13.8. The first-order valence-electron chi connectivity index (χ1n) is 5.31. The third kappa shape index (κ3) is 4.68. The lowest BCUT2D eigenvalue weighted by molar-refractivity contribution is -0.274. The van der Waals surface area contributed by atoms with Gasteiger partial charge >= 0.3 is 6.36 Å². The van der Waals surface area contributed by atoms with E-state index in [2.05, 4.69) is 20.7 Å². The quantitative estimate of drug-likeness (QED) is 0.773. The summed E-state index contributed by atoms with van der Waals surface area (Å²) in [6.07, 6.45) is -4.09. The summed E-state index contributed by atoms with van der Waals surface area (Å²) in [5, 5.41) is 0.231. The van der Waals surface area contributed by atoms with Gasteiger partial charge in [-0.15, -0.1) is 13.2 Å². The number of rotatable bonds is 5. The van der Waals surface area contributed by atoms with Crippen LogP contribution in [0.5, 0.6) is 5.75 Å². The van der Waals surface area contributed by atoms with Gasteiger partial charge in [0.2, 0.25) is 0 Å². The van der Waals surface area contributed by atoms with Gasteiger partial charge < -0.3 is 4.74 Å². The fourth-order valence-electron chi connectivity index (χ4n) is 1.52. The second kappa shape index (κ2) is 6.22. The monoisotopic (exact) mass is 324 g/mol. The fraction of sp³-hybridized carbons (Fsp3) is 0.417. The summed E-state index contributed by atoms with van der Waals surface area (Å²) < 4.78 is 40.3. The van der Waals surface area contributed by atoms with E-state index >= 15 is 0 Å². The third-order valence-electron chi connectivity index (χ3n) is 2.28. The number of carbonyl (C=O) groups excluding carboxylic acids is 1. The van der Waals surface area contributed by atoms with Crippen molar-refractivity contribution in [2.45, 2.75) is 26.1 Å². The van der Waals surface area contributed by atoms with Crippen LogP contribution in [0.2, 0.25) is 0 Å². The number of hydrogen-bond donors (Lipinski definition) is 0. The predicted molar refractivity (Wildman–Crippen MR) is 65.0 cm³/mol. The van der Waals surface area contributed by atoms with Gasteiger partial charge in [-0.05, 0) is 23.6 Å². The van der Waals surface area contributed by atoms with Gasteiger partial charge in [0, 0.05) is 6.42 Å². The van der Waals surface area contributed by atoms with Crippen molar-refractivity contribution in [1.82, 2.24) is 0 Å². The Morgan fingerprint density at radius 3 is 2.56 bits per heavy atom. The van der Waals surface area contributed by atoms with Crippen LogP contribution in [0.15, 0.2) is 18.2 Å². The average Bonchev–Trinajstić information content (AvgIpc) is 2.29. The van der Waals surface area contributed by atoms with Crippen LogP contribution in [0.3, 0.4) is 0 Å². The van der Waals surface area contributed by atoms with E-state index in [-0.39, 0.29) is 23.3 Å². The van der Waals surface area contributed by atoms with E-state index in [0.717, 1.165) is 0 Å². The van der Waals surface area contributed by atoms with Crippen LogP contribution in [0, 0.1) is 0 Å². The molecule has 0 aliphatic rings. The molecule has 2 nitrogen and oxygen atoms in total. The number of ketones is 1. The molecular weight excluding hydrogens is 313 g/mol. The normalized spacial score (nSPS) is 11.4. The van der Waals surface area contributed by atoms with Crippen LogP contribution in [-0.2, 0) is 17.6 Å². The van der Waals surface area contributed by atoms with Crippen molar-refractivity contribution in [3.8, 4) is 5.75 Å². The van der Waals surface area contributed by atoms with Crippen molar-refractivity contribution in [3.63, 3.8) is 0 Å². The lowest BCUT2D eigenvalue weighted by Crippen LogP contribution is -2.18. The number of alkyl halides is 4. The van der Waals surface area contributed by atoms with Crippen LogP contribution in [0.25, 0.3) is 0 Å². The topological polar surface area (TPSA) is 26.3 Å². The van der Waals surface area contributed by atoms with E-state index in [9.17, 15) is 18.0 Å². The van der Waals surface area contributed by atoms with Gasteiger partial charge in [-0.2, -0.15) is 0 Å². The Kier molecular flexibility index (Phi) is 5.19. The number of halogens is 4. The maximum Gasteiger partial charge on any atom is 0.573 e. The van der Waals surface area contributed by atoms with Gasteiger partial charge in [0.15, 0.2) is 0 Å². The van der Waals surface area contributed by atoms with Crippen molar-refractivity contribution in [2.24, 2.45) is 0 Å². The van der Waals surface area contributed by atoms with Crippen molar-refractivity contribution in [1.29, 1.82) is 0 Å². The van der Waals surface area contributed by atoms with E-state index in [1.807, 2.05) is 0 Å². The summed E-state index contributed by atoms with van der Waals surface area (Å²) in [6.45, 7) is 1.73. The molecule has 0 heterocycles. The number of benzene rings is 1. The SMILES string of the molecule is CCc1cc(CC(=O)CBr)ccc1OC(F)(F)F. The Morgan fingerprint density at radius 2 is 2.06 bits per heavy atom. The Bertz CT molecular complexity index is 430. The van der Waals surface area contributed by atoms with Crippen molar-refractivity contribution >= 4 is 21.7 Å².